The fourth-order valence-corrected chi connectivity index (χ4v) is 6.61. The molecule has 4 rings (SSSR count). The molecule has 280 valence electrons. The number of aromatic hydroxyl groups is 2. The highest BCUT2D eigenvalue weighted by Crippen LogP contribution is 2.40. The van der Waals surface area contributed by atoms with Gasteiger partial charge in [0.05, 0.1) is 0 Å². The molecule has 1 aromatic heterocycles. The van der Waals surface area contributed by atoms with E-state index in [0.717, 1.165) is 43.3 Å². The number of hydrogen-bond donors (Lipinski definition) is 4. The van der Waals surface area contributed by atoms with E-state index >= 15 is 0 Å². The van der Waals surface area contributed by atoms with Crippen LogP contribution in [0.2, 0.25) is 0 Å². The molecule has 1 heterocycles. The van der Waals surface area contributed by atoms with Gasteiger partial charge in [0.1, 0.15) is 17.2 Å². The van der Waals surface area contributed by atoms with Gasteiger partial charge in [0, 0.05) is 76.8 Å². The molecule has 8 nitrogen and oxygen atoms in total. The fourth-order valence-electron chi connectivity index (χ4n) is 6.61. The van der Waals surface area contributed by atoms with Crippen LogP contribution in [0.1, 0.15) is 88.8 Å². The first-order chi connectivity index (χ1) is 24.9. The quantitative estimate of drug-likeness (QED) is 0.0775. The summed E-state index contributed by atoms with van der Waals surface area (Å²) in [7, 11) is 0. The summed E-state index contributed by atoms with van der Waals surface area (Å²) in [5, 5.41) is 29.0. The van der Waals surface area contributed by atoms with Crippen molar-refractivity contribution in [3.05, 3.63) is 96.5 Å². The van der Waals surface area contributed by atoms with Gasteiger partial charge in [-0.1, -0.05) is 67.0 Å². The van der Waals surface area contributed by atoms with Crippen molar-refractivity contribution in [3.63, 3.8) is 0 Å². The molecule has 4 aromatic rings. The molecule has 1 amide bonds. The van der Waals surface area contributed by atoms with Crippen molar-refractivity contribution in [3.8, 4) is 11.5 Å². The molecule has 0 aliphatic carbocycles. The van der Waals surface area contributed by atoms with Crippen molar-refractivity contribution < 1.29 is 15.0 Å². The minimum atomic E-state index is -0.355. The zero-order valence-corrected chi connectivity index (χ0v) is 32.7. The maximum absolute atomic E-state index is 13.1. The van der Waals surface area contributed by atoms with Crippen LogP contribution in [0.15, 0.2) is 79.7 Å². The van der Waals surface area contributed by atoms with Gasteiger partial charge in [-0.05, 0) is 106 Å². The van der Waals surface area contributed by atoms with Crippen molar-refractivity contribution in [1.82, 2.24) is 9.47 Å². The summed E-state index contributed by atoms with van der Waals surface area (Å²) in [6.45, 7) is 26.1. The summed E-state index contributed by atoms with van der Waals surface area (Å²) < 4.78 is 2.48. The molecule has 0 saturated heterocycles. The first-order valence-corrected chi connectivity index (χ1v) is 19.0. The predicted octanol–water partition coefficient (Wildman–Crippen LogP) is 11.0. The van der Waals surface area contributed by atoms with Crippen molar-refractivity contribution in [2.24, 2.45) is 17.8 Å². The minimum absolute atomic E-state index is 0.179. The van der Waals surface area contributed by atoms with Gasteiger partial charge < -0.3 is 35.2 Å². The number of phenols is 2. The Bertz CT molecular complexity index is 1800. The van der Waals surface area contributed by atoms with E-state index in [1.165, 1.54) is 66.3 Å². The minimum Gasteiger partial charge on any atom is -0.506 e. The number of carbonyl (C=O) groups is 1. The van der Waals surface area contributed by atoms with Gasteiger partial charge in [-0.3, -0.25) is 4.79 Å². The van der Waals surface area contributed by atoms with Crippen molar-refractivity contribution in [1.29, 1.82) is 0 Å². The molecule has 3 aromatic carbocycles. The molecule has 0 saturated carbocycles. The molecule has 0 radical (unpaired) electrons. The smallest absolute Gasteiger partial charge is 0.255 e. The van der Waals surface area contributed by atoms with Gasteiger partial charge in [0.15, 0.2) is 0 Å². The second-order valence-corrected chi connectivity index (χ2v) is 14.6. The molecule has 0 spiro atoms. The first-order valence-electron chi connectivity index (χ1n) is 19.0. The van der Waals surface area contributed by atoms with Crippen molar-refractivity contribution in [2.45, 2.75) is 87.6 Å². The Balaban J connectivity index is 1.42. The number of phenolic OH excluding ortho intramolecular Hbond substituents is 2. The second-order valence-electron chi connectivity index (χ2n) is 14.6. The fraction of sp³-hybridized carbons (Fsp3) is 0.432. The summed E-state index contributed by atoms with van der Waals surface area (Å²) in [4.78, 5) is 17.3. The van der Waals surface area contributed by atoms with E-state index in [-0.39, 0.29) is 28.8 Å². The normalized spacial score (nSPS) is 13.4. The Kier molecular flexibility index (Phi) is 14.4. The van der Waals surface area contributed by atoms with Crippen LogP contribution in [0.25, 0.3) is 10.9 Å². The third kappa shape index (κ3) is 10.2. The Morgan fingerprint density at radius 3 is 2.17 bits per heavy atom. The highest BCUT2D eigenvalue weighted by Gasteiger charge is 2.18. The zero-order valence-electron chi connectivity index (χ0n) is 32.7. The number of nitrogens with one attached hydrogen (secondary N) is 2. The average molecular weight is 708 g/mol. The van der Waals surface area contributed by atoms with E-state index in [1.54, 1.807) is 23.2 Å². The number of amides is 1. The Hall–Kier alpha value is -4.69. The van der Waals surface area contributed by atoms with Crippen LogP contribution in [-0.2, 0) is 6.54 Å². The highest BCUT2D eigenvalue weighted by atomic mass is 16.3. The van der Waals surface area contributed by atoms with Crippen LogP contribution in [-0.4, -0.2) is 45.2 Å². The molecule has 0 bridgehead atoms. The average Bonchev–Trinajstić information content (AvgIpc) is 3.35. The third-order valence-electron chi connectivity index (χ3n) is 10.3. The van der Waals surface area contributed by atoms with E-state index in [9.17, 15) is 15.0 Å². The van der Waals surface area contributed by atoms with Gasteiger partial charge in [0.25, 0.3) is 5.91 Å². The van der Waals surface area contributed by atoms with Crippen LogP contribution in [0.4, 0.5) is 22.7 Å². The molecule has 8 heteroatoms. The largest absolute Gasteiger partial charge is 0.506 e. The third-order valence-corrected chi connectivity index (χ3v) is 10.3. The molecule has 0 aliphatic rings. The van der Waals surface area contributed by atoms with Crippen LogP contribution < -0.4 is 15.5 Å². The lowest BCUT2D eigenvalue weighted by molar-refractivity contribution is 0.102. The Labute approximate surface area is 311 Å². The SMILES string of the molecule is C=CN(/C=C\C(C)CC)c1c(O)cc(NC(=O)c2ccc(Nc3ccc4c(c3)c(C)c(C)n4CC(C)CN(CCC)CCC(C)CC)cc2)cc1O. The van der Waals surface area contributed by atoms with E-state index in [1.807, 2.05) is 18.2 Å². The number of allylic oxidation sites excluding steroid dienone is 1. The number of nitrogens with zero attached hydrogens (tertiary/aromatic N) is 3. The van der Waals surface area contributed by atoms with Crippen molar-refractivity contribution >= 4 is 39.6 Å². The monoisotopic (exact) mass is 707 g/mol. The van der Waals surface area contributed by atoms with E-state index in [0.29, 0.717) is 17.4 Å². The summed E-state index contributed by atoms with van der Waals surface area (Å²) in [5.41, 5.74) is 6.63. The molecule has 3 unspecified atom stereocenters. The number of benzene rings is 3. The Morgan fingerprint density at radius 2 is 1.56 bits per heavy atom. The van der Waals surface area contributed by atoms with Gasteiger partial charge >= 0.3 is 0 Å². The number of carbonyl (C=O) groups excluding carboxylic acids is 1. The number of hydrogen-bond acceptors (Lipinski definition) is 6. The molecule has 0 aliphatic heterocycles. The lowest BCUT2D eigenvalue weighted by Crippen LogP contribution is -2.32. The number of rotatable bonds is 19. The maximum Gasteiger partial charge on any atom is 0.255 e. The van der Waals surface area contributed by atoms with Crippen LogP contribution >= 0.6 is 0 Å². The predicted molar refractivity (Wildman–Crippen MR) is 220 cm³/mol. The summed E-state index contributed by atoms with van der Waals surface area (Å²) in [6, 6.07) is 16.6. The number of anilines is 4. The zero-order chi connectivity index (χ0) is 37.9. The molecule has 0 fully saturated rings. The lowest BCUT2D eigenvalue weighted by Gasteiger charge is -2.27. The molecular formula is C44H61N5O3. The van der Waals surface area contributed by atoms with Crippen LogP contribution in [0.5, 0.6) is 11.5 Å². The maximum atomic E-state index is 13.1. The highest BCUT2D eigenvalue weighted by molar-refractivity contribution is 6.05. The summed E-state index contributed by atoms with van der Waals surface area (Å²) >= 11 is 0. The molecule has 3 atom stereocenters. The standard InChI is InChI=1S/C44H61N5O3/c1-10-22-47(23-20-30(5)11-2)28-32(7)29-49-34(9)33(8)39-25-37(18-19-40(39)49)45-36-16-14-35(15-17-36)44(52)46-38-26-41(50)43(42(51)27-38)48(13-4)24-21-31(6)12-3/h13-19,21,24-27,30-32,45,50-51H,4,10-12,20,22-23,28-29H2,1-3,5-9H3,(H,46,52)/b24-21-. The Morgan fingerprint density at radius 1 is 0.885 bits per heavy atom. The van der Waals surface area contributed by atoms with E-state index in [4.69, 9.17) is 0 Å². The number of fused-ring (bicyclic) bond motifs is 1. The van der Waals surface area contributed by atoms with E-state index in [2.05, 4.69) is 100 Å². The van der Waals surface area contributed by atoms with E-state index < -0.39 is 0 Å². The van der Waals surface area contributed by atoms with Crippen LogP contribution in [0.3, 0.4) is 0 Å². The van der Waals surface area contributed by atoms with Crippen molar-refractivity contribution in [2.75, 3.05) is 35.2 Å². The first kappa shape index (κ1) is 40.1. The van der Waals surface area contributed by atoms with Gasteiger partial charge in [0.2, 0.25) is 0 Å². The summed E-state index contributed by atoms with van der Waals surface area (Å²) in [6.07, 6.45) is 9.90. The van der Waals surface area contributed by atoms with Gasteiger partial charge in [-0.15, -0.1) is 0 Å². The van der Waals surface area contributed by atoms with Gasteiger partial charge in [-0.25, -0.2) is 0 Å². The molecule has 4 N–H and O–H groups in total. The van der Waals surface area contributed by atoms with Crippen LogP contribution in [0, 0.1) is 31.6 Å². The molecule has 52 heavy (non-hydrogen) atoms. The number of aryl methyl sites for hydroxylation is 1. The second kappa shape index (κ2) is 18.7. The summed E-state index contributed by atoms with van der Waals surface area (Å²) in [5.74, 6) is 0.917. The molecular weight excluding hydrogens is 647 g/mol. The topological polar surface area (TPSA) is 93.0 Å². The van der Waals surface area contributed by atoms with Gasteiger partial charge in [-0.2, -0.15) is 0 Å². The number of aromatic nitrogens is 1. The lowest BCUT2D eigenvalue weighted by atomic mass is 10.0.